The Morgan fingerprint density at radius 2 is 1.89 bits per heavy atom. The van der Waals surface area contributed by atoms with Gasteiger partial charge in [-0.25, -0.2) is 0 Å². The van der Waals surface area contributed by atoms with E-state index >= 15 is 0 Å². The zero-order valence-corrected chi connectivity index (χ0v) is 11.6. The largest absolute Gasteiger partial charge is 0.488 e. The Morgan fingerprint density at radius 3 is 2.47 bits per heavy atom. The molecule has 0 bridgehead atoms. The maximum Gasteiger partial charge on any atom is 0.137 e. The number of benzene rings is 1. The molecule has 0 saturated carbocycles. The summed E-state index contributed by atoms with van der Waals surface area (Å²) in [6.45, 7) is 8.01. The Balaban J connectivity index is 1.75. The van der Waals surface area contributed by atoms with Gasteiger partial charge in [0.1, 0.15) is 44.2 Å². The zero-order valence-electron chi connectivity index (χ0n) is 11.6. The van der Waals surface area contributed by atoms with E-state index in [1.54, 1.807) is 12.1 Å². The molecule has 2 atom stereocenters. The van der Waals surface area contributed by atoms with Crippen molar-refractivity contribution in [3.05, 3.63) is 29.8 Å². The monoisotopic (exact) mass is 261 g/mol. The van der Waals surface area contributed by atoms with Gasteiger partial charge in [-0.05, 0) is 38.1 Å². The number of nitrogens with zero attached hydrogens (tertiary/aromatic N) is 1. The van der Waals surface area contributed by atoms with E-state index in [-0.39, 0.29) is 0 Å². The molecule has 4 nitrogen and oxygen atoms in total. The van der Waals surface area contributed by atoms with Crippen LogP contribution in [0, 0.1) is 11.3 Å². The van der Waals surface area contributed by atoms with E-state index in [1.807, 2.05) is 12.1 Å². The lowest BCUT2D eigenvalue weighted by molar-refractivity contribution is -0.915. The molecule has 1 aliphatic rings. The third kappa shape index (κ3) is 4.23. The van der Waals surface area contributed by atoms with Gasteiger partial charge < -0.3 is 14.4 Å². The van der Waals surface area contributed by atoms with Crippen molar-refractivity contribution in [2.45, 2.75) is 26.1 Å². The number of nitrogens with one attached hydrogen (secondary N) is 1. The highest BCUT2D eigenvalue weighted by molar-refractivity contribution is 5.34. The normalized spacial score (nSPS) is 26.7. The molecule has 1 saturated heterocycles. The molecule has 1 heterocycles. The minimum absolute atomic E-state index is 0.327. The Labute approximate surface area is 114 Å². The Bertz CT molecular complexity index is 428. The van der Waals surface area contributed by atoms with Crippen LogP contribution in [0.4, 0.5) is 0 Å². The predicted octanol–water partition coefficient (Wildman–Crippen LogP) is 0.629. The van der Waals surface area contributed by atoms with Gasteiger partial charge in [0.15, 0.2) is 0 Å². The van der Waals surface area contributed by atoms with Crippen molar-refractivity contribution in [3.63, 3.8) is 0 Å². The number of hydrogen-bond acceptors (Lipinski definition) is 3. The van der Waals surface area contributed by atoms with Gasteiger partial charge in [0.05, 0.1) is 11.6 Å². The summed E-state index contributed by atoms with van der Waals surface area (Å²) in [6, 6.07) is 9.35. The summed E-state index contributed by atoms with van der Waals surface area (Å²) in [5, 5.41) is 8.72. The van der Waals surface area contributed by atoms with Crippen LogP contribution in [0.1, 0.15) is 19.4 Å². The van der Waals surface area contributed by atoms with Crippen LogP contribution in [0.25, 0.3) is 0 Å². The first-order valence-electron chi connectivity index (χ1n) is 6.79. The molecule has 0 radical (unpaired) electrons. The molecule has 0 unspecified atom stereocenters. The standard InChI is InChI=1S/C15H20N2O2/c1-12-10-17(11-13(2)19-12)7-8-18-15-5-3-14(9-16)4-6-15/h3-6,12-13H,7-8,10-11H2,1-2H3/p+1/t12-,13-/m0/s1. The predicted molar refractivity (Wildman–Crippen MR) is 72.2 cm³/mol. The van der Waals surface area contributed by atoms with E-state index in [0.717, 1.165) is 25.4 Å². The molecular formula is C15H21N2O2+. The van der Waals surface area contributed by atoms with Gasteiger partial charge in [-0.3, -0.25) is 0 Å². The van der Waals surface area contributed by atoms with Gasteiger partial charge in [0, 0.05) is 0 Å². The highest BCUT2D eigenvalue weighted by Crippen LogP contribution is 2.10. The van der Waals surface area contributed by atoms with Gasteiger partial charge in [0.2, 0.25) is 0 Å². The van der Waals surface area contributed by atoms with E-state index in [9.17, 15) is 0 Å². The van der Waals surface area contributed by atoms with Crippen molar-refractivity contribution in [2.75, 3.05) is 26.2 Å². The van der Waals surface area contributed by atoms with Gasteiger partial charge in [0.25, 0.3) is 0 Å². The highest BCUT2D eigenvalue weighted by Gasteiger charge is 2.25. The molecule has 1 aromatic carbocycles. The van der Waals surface area contributed by atoms with E-state index in [4.69, 9.17) is 14.7 Å². The van der Waals surface area contributed by atoms with Gasteiger partial charge in [-0.1, -0.05) is 0 Å². The molecular weight excluding hydrogens is 240 g/mol. The third-order valence-electron chi connectivity index (χ3n) is 3.32. The minimum atomic E-state index is 0.327. The fourth-order valence-corrected chi connectivity index (χ4v) is 2.53. The van der Waals surface area contributed by atoms with Crippen LogP contribution in [0.2, 0.25) is 0 Å². The quantitative estimate of drug-likeness (QED) is 0.865. The van der Waals surface area contributed by atoms with E-state index in [2.05, 4.69) is 19.9 Å². The second kappa shape index (κ2) is 6.55. The van der Waals surface area contributed by atoms with Crippen molar-refractivity contribution < 1.29 is 14.4 Å². The van der Waals surface area contributed by atoms with E-state index in [0.29, 0.717) is 24.4 Å². The van der Waals surface area contributed by atoms with Crippen LogP contribution in [-0.4, -0.2) is 38.4 Å². The first-order valence-corrected chi connectivity index (χ1v) is 6.79. The topological polar surface area (TPSA) is 46.7 Å². The molecule has 1 N–H and O–H groups in total. The van der Waals surface area contributed by atoms with Gasteiger partial charge in [-0.15, -0.1) is 0 Å². The molecule has 1 aliphatic heterocycles. The van der Waals surface area contributed by atoms with Crippen molar-refractivity contribution in [1.82, 2.24) is 0 Å². The average molecular weight is 261 g/mol. The van der Waals surface area contributed by atoms with Crippen molar-refractivity contribution >= 4 is 0 Å². The smallest absolute Gasteiger partial charge is 0.137 e. The first-order chi connectivity index (χ1) is 9.17. The summed E-state index contributed by atoms with van der Waals surface area (Å²) in [6.07, 6.45) is 0.655. The molecule has 1 fully saturated rings. The third-order valence-corrected chi connectivity index (χ3v) is 3.32. The van der Waals surface area contributed by atoms with E-state index < -0.39 is 0 Å². The molecule has 0 aromatic heterocycles. The van der Waals surface area contributed by atoms with Crippen LogP contribution in [0.5, 0.6) is 5.75 Å². The molecule has 0 amide bonds. The lowest BCUT2D eigenvalue weighted by Gasteiger charge is -2.32. The molecule has 0 aliphatic carbocycles. The number of hydrogen-bond donors (Lipinski definition) is 1. The zero-order chi connectivity index (χ0) is 13.7. The summed E-state index contributed by atoms with van der Waals surface area (Å²) in [5.74, 6) is 0.827. The number of quaternary nitrogens is 1. The molecule has 19 heavy (non-hydrogen) atoms. The lowest BCUT2D eigenvalue weighted by atomic mass is 10.2. The van der Waals surface area contributed by atoms with Crippen LogP contribution >= 0.6 is 0 Å². The lowest BCUT2D eigenvalue weighted by Crippen LogP contribution is -3.16. The maximum absolute atomic E-state index is 8.72. The SMILES string of the molecule is C[C@H]1C[NH+](CCOc2ccc(C#N)cc2)C[C@H](C)O1. The number of nitriles is 1. The summed E-state index contributed by atoms with van der Waals surface area (Å²) in [4.78, 5) is 1.53. The van der Waals surface area contributed by atoms with Crippen molar-refractivity contribution in [1.29, 1.82) is 5.26 Å². The summed E-state index contributed by atoms with van der Waals surface area (Å²) in [7, 11) is 0. The summed E-state index contributed by atoms with van der Waals surface area (Å²) >= 11 is 0. The van der Waals surface area contributed by atoms with Gasteiger partial charge in [-0.2, -0.15) is 5.26 Å². The first kappa shape index (κ1) is 13.9. The van der Waals surface area contributed by atoms with Crippen LogP contribution in [-0.2, 0) is 4.74 Å². The van der Waals surface area contributed by atoms with Crippen LogP contribution < -0.4 is 9.64 Å². The summed E-state index contributed by atoms with van der Waals surface area (Å²) < 4.78 is 11.4. The summed E-state index contributed by atoms with van der Waals surface area (Å²) in [5.41, 5.74) is 0.661. The van der Waals surface area contributed by atoms with Crippen molar-refractivity contribution in [2.24, 2.45) is 0 Å². The van der Waals surface area contributed by atoms with Crippen LogP contribution in [0.15, 0.2) is 24.3 Å². The number of rotatable bonds is 4. The minimum Gasteiger partial charge on any atom is -0.488 e. The van der Waals surface area contributed by atoms with E-state index in [1.165, 1.54) is 4.90 Å². The maximum atomic E-state index is 8.72. The molecule has 1 aromatic rings. The van der Waals surface area contributed by atoms with Crippen molar-refractivity contribution in [3.8, 4) is 11.8 Å². The second-order valence-corrected chi connectivity index (χ2v) is 5.15. The Morgan fingerprint density at radius 1 is 1.26 bits per heavy atom. The van der Waals surface area contributed by atoms with Crippen LogP contribution in [0.3, 0.4) is 0 Å². The molecule has 102 valence electrons. The number of morpholine rings is 1. The highest BCUT2D eigenvalue weighted by atomic mass is 16.5. The molecule has 0 spiro atoms. The van der Waals surface area contributed by atoms with Gasteiger partial charge >= 0.3 is 0 Å². The Kier molecular flexibility index (Phi) is 4.78. The molecule has 4 heteroatoms. The fourth-order valence-electron chi connectivity index (χ4n) is 2.53. The Hall–Kier alpha value is -1.57. The second-order valence-electron chi connectivity index (χ2n) is 5.15. The average Bonchev–Trinajstić information content (AvgIpc) is 2.38. The number of ether oxygens (including phenoxy) is 2. The fraction of sp³-hybridized carbons (Fsp3) is 0.533. The molecule has 2 rings (SSSR count).